The highest BCUT2D eigenvalue weighted by Crippen LogP contribution is 2.21. The molecule has 0 aliphatic rings. The molecule has 2 aromatic rings. The van der Waals surface area contributed by atoms with Crippen LogP contribution in [-0.2, 0) is 6.42 Å². The fourth-order valence-electron chi connectivity index (χ4n) is 2.03. The molecule has 0 spiro atoms. The molecule has 0 amide bonds. The molecule has 1 heterocycles. The third kappa shape index (κ3) is 2.41. The maximum Gasteiger partial charge on any atom is 0.360 e. The van der Waals surface area contributed by atoms with Gasteiger partial charge in [0.05, 0.1) is 17.9 Å². The number of hydrogen-bond acceptors (Lipinski definition) is 0. The van der Waals surface area contributed by atoms with Crippen molar-refractivity contribution in [3.63, 3.8) is 0 Å². The van der Waals surface area contributed by atoms with Crippen LogP contribution >= 0.6 is 0 Å². The van der Waals surface area contributed by atoms with Crippen molar-refractivity contribution in [1.29, 1.82) is 0 Å². The van der Waals surface area contributed by atoms with Crippen molar-refractivity contribution in [3.8, 4) is 0 Å². The van der Waals surface area contributed by atoms with Crippen molar-refractivity contribution >= 4 is 11.0 Å². The van der Waals surface area contributed by atoms with Crippen LogP contribution in [0.2, 0.25) is 0 Å². The lowest BCUT2D eigenvalue weighted by atomic mass is 10.1. The Morgan fingerprint density at radius 1 is 1.12 bits per heavy atom. The Kier molecular flexibility index (Phi) is 3.55. The molecular formula is C15H19O+. The summed E-state index contributed by atoms with van der Waals surface area (Å²) in [6.45, 7) is 4.30. The highest BCUT2D eigenvalue weighted by Gasteiger charge is 2.13. The van der Waals surface area contributed by atoms with Gasteiger partial charge in [-0.1, -0.05) is 31.9 Å². The van der Waals surface area contributed by atoms with Gasteiger partial charge in [0.1, 0.15) is 0 Å². The molecule has 2 rings (SSSR count). The second kappa shape index (κ2) is 5.11. The molecule has 84 valence electrons. The lowest BCUT2D eigenvalue weighted by molar-refractivity contribution is 0.551. The van der Waals surface area contributed by atoms with Gasteiger partial charge in [-0.25, -0.2) is 4.42 Å². The molecule has 0 saturated carbocycles. The summed E-state index contributed by atoms with van der Waals surface area (Å²) in [5, 5.41) is 1.21. The van der Waals surface area contributed by atoms with Gasteiger partial charge in [0.25, 0.3) is 0 Å². The number of aryl methyl sites for hydroxylation is 2. The molecule has 0 aliphatic carbocycles. The topological polar surface area (TPSA) is 11.3 Å². The van der Waals surface area contributed by atoms with E-state index in [1.165, 1.54) is 30.2 Å². The Morgan fingerprint density at radius 2 is 1.94 bits per heavy atom. The van der Waals surface area contributed by atoms with E-state index < -0.39 is 0 Å². The van der Waals surface area contributed by atoms with Gasteiger partial charge in [0, 0.05) is 6.07 Å². The van der Waals surface area contributed by atoms with E-state index in [0.717, 1.165) is 17.8 Å². The van der Waals surface area contributed by atoms with Crippen molar-refractivity contribution in [1.82, 2.24) is 0 Å². The summed E-state index contributed by atoms with van der Waals surface area (Å²) in [6.07, 6.45) is 4.95. The maximum atomic E-state index is 5.82. The van der Waals surface area contributed by atoms with Gasteiger partial charge in [-0.15, -0.1) is 0 Å². The summed E-state index contributed by atoms with van der Waals surface area (Å²) in [4.78, 5) is 0. The zero-order valence-corrected chi connectivity index (χ0v) is 10.1. The smallest absolute Gasteiger partial charge is 0.212 e. The molecule has 0 bridgehead atoms. The fourth-order valence-corrected chi connectivity index (χ4v) is 2.03. The van der Waals surface area contributed by atoms with E-state index in [2.05, 4.69) is 32.0 Å². The van der Waals surface area contributed by atoms with Crippen molar-refractivity contribution in [3.05, 3.63) is 41.7 Å². The fraction of sp³-hybridized carbons (Fsp3) is 0.400. The van der Waals surface area contributed by atoms with Crippen LogP contribution in [0.25, 0.3) is 11.0 Å². The minimum Gasteiger partial charge on any atom is -0.212 e. The van der Waals surface area contributed by atoms with Gasteiger partial charge in [-0.2, -0.15) is 0 Å². The molecule has 0 radical (unpaired) electrons. The van der Waals surface area contributed by atoms with E-state index in [-0.39, 0.29) is 0 Å². The van der Waals surface area contributed by atoms with Gasteiger partial charge in [-0.05, 0) is 25.0 Å². The van der Waals surface area contributed by atoms with Crippen LogP contribution in [0.5, 0.6) is 0 Å². The Balaban J connectivity index is 2.27. The number of hydrogen-bond donors (Lipinski definition) is 0. The molecule has 1 heteroatoms. The van der Waals surface area contributed by atoms with Gasteiger partial charge in [-0.3, -0.25) is 0 Å². The lowest BCUT2D eigenvalue weighted by Crippen LogP contribution is -1.90. The number of fused-ring (bicyclic) bond motifs is 1. The summed E-state index contributed by atoms with van der Waals surface area (Å²) in [7, 11) is 0. The van der Waals surface area contributed by atoms with Crippen molar-refractivity contribution in [2.45, 2.75) is 39.5 Å². The first-order valence-electron chi connectivity index (χ1n) is 6.12. The molecule has 1 aromatic carbocycles. The van der Waals surface area contributed by atoms with Crippen LogP contribution in [0.1, 0.15) is 37.5 Å². The minimum absolute atomic E-state index is 0.985. The Bertz CT molecular complexity index is 474. The number of rotatable bonds is 4. The molecule has 0 fully saturated rings. The predicted molar refractivity (Wildman–Crippen MR) is 68.6 cm³/mol. The number of benzene rings is 1. The molecule has 16 heavy (non-hydrogen) atoms. The van der Waals surface area contributed by atoms with E-state index in [1.54, 1.807) is 0 Å². The molecule has 0 saturated heterocycles. The van der Waals surface area contributed by atoms with Crippen LogP contribution < -0.4 is 0 Å². The Labute approximate surface area is 97.1 Å². The first-order chi connectivity index (χ1) is 7.81. The van der Waals surface area contributed by atoms with E-state index in [0.29, 0.717) is 0 Å². The van der Waals surface area contributed by atoms with E-state index in [9.17, 15) is 0 Å². The van der Waals surface area contributed by atoms with Gasteiger partial charge >= 0.3 is 11.3 Å². The van der Waals surface area contributed by atoms with Crippen LogP contribution in [0.4, 0.5) is 0 Å². The second-order valence-electron chi connectivity index (χ2n) is 4.32. The molecule has 1 aromatic heterocycles. The zero-order chi connectivity index (χ0) is 11.4. The molecular weight excluding hydrogens is 196 g/mol. The molecule has 0 unspecified atom stereocenters. The normalized spacial score (nSPS) is 10.9. The SMILES string of the molecule is CCCCCc1cc2ccccc2[o+]c1C. The summed E-state index contributed by atoms with van der Waals surface area (Å²) in [5.74, 6) is 1.06. The monoisotopic (exact) mass is 215 g/mol. The highest BCUT2D eigenvalue weighted by atomic mass is 16.3. The first-order valence-corrected chi connectivity index (χ1v) is 6.12. The second-order valence-corrected chi connectivity index (χ2v) is 4.32. The standard InChI is InChI=1S/C15H19O/c1-3-4-5-8-13-11-14-9-6-7-10-15(14)16-12(13)2/h6-7,9-11H,3-5,8H2,1-2H3/q+1. The molecule has 1 nitrogen and oxygen atoms in total. The third-order valence-electron chi connectivity index (χ3n) is 3.01. The predicted octanol–water partition coefficient (Wildman–Crippen LogP) is 4.76. The third-order valence-corrected chi connectivity index (χ3v) is 3.01. The largest absolute Gasteiger partial charge is 0.360 e. The summed E-state index contributed by atoms with van der Waals surface area (Å²) in [6, 6.07) is 10.5. The number of unbranched alkanes of at least 4 members (excludes halogenated alkanes) is 2. The van der Waals surface area contributed by atoms with E-state index >= 15 is 0 Å². The summed E-state index contributed by atoms with van der Waals surface area (Å²) in [5.41, 5.74) is 2.34. The average molecular weight is 215 g/mol. The van der Waals surface area contributed by atoms with Gasteiger partial charge in [0.15, 0.2) is 0 Å². The van der Waals surface area contributed by atoms with Crippen molar-refractivity contribution in [2.75, 3.05) is 0 Å². The zero-order valence-electron chi connectivity index (χ0n) is 10.1. The van der Waals surface area contributed by atoms with Crippen LogP contribution in [-0.4, -0.2) is 0 Å². The first kappa shape index (κ1) is 11.1. The molecule has 0 aliphatic heterocycles. The van der Waals surface area contributed by atoms with Crippen molar-refractivity contribution in [2.24, 2.45) is 0 Å². The Hall–Kier alpha value is -1.37. The maximum absolute atomic E-state index is 5.82. The minimum atomic E-state index is 0.985. The summed E-state index contributed by atoms with van der Waals surface area (Å²) < 4.78 is 5.82. The van der Waals surface area contributed by atoms with Gasteiger partial charge < -0.3 is 0 Å². The molecule has 0 atom stereocenters. The average Bonchev–Trinajstić information content (AvgIpc) is 2.30. The van der Waals surface area contributed by atoms with E-state index in [1.807, 2.05) is 12.1 Å². The Morgan fingerprint density at radius 3 is 2.75 bits per heavy atom. The van der Waals surface area contributed by atoms with Crippen LogP contribution in [0.15, 0.2) is 34.7 Å². The highest BCUT2D eigenvalue weighted by molar-refractivity contribution is 5.77. The number of para-hydroxylation sites is 1. The van der Waals surface area contributed by atoms with E-state index in [4.69, 9.17) is 4.42 Å². The van der Waals surface area contributed by atoms with Crippen LogP contribution in [0, 0.1) is 6.92 Å². The van der Waals surface area contributed by atoms with Crippen molar-refractivity contribution < 1.29 is 4.42 Å². The summed E-state index contributed by atoms with van der Waals surface area (Å²) >= 11 is 0. The van der Waals surface area contributed by atoms with Crippen LogP contribution in [0.3, 0.4) is 0 Å². The lowest BCUT2D eigenvalue weighted by Gasteiger charge is -1.99. The quantitative estimate of drug-likeness (QED) is 0.529. The molecule has 0 N–H and O–H groups in total. The van der Waals surface area contributed by atoms with Gasteiger partial charge in [0.2, 0.25) is 0 Å².